The van der Waals surface area contributed by atoms with E-state index in [0.717, 1.165) is 0 Å². The second-order valence-electron chi connectivity index (χ2n) is 6.59. The second kappa shape index (κ2) is 9.41. The van der Waals surface area contributed by atoms with E-state index in [9.17, 15) is 18.0 Å². The molecule has 2 aromatic carbocycles. The standard InChI is InChI=1S/C21H20F3N5O2/c1-13-25-18(29-20(26-13)31-2)28-19(30)27-17-10-6-5-9-16(17)15-8-4-3-7-14(15)11-12-21(22,23)24/h3-10H,11-12H2,1-2H3,(H2,25,26,27,28,29,30). The Kier molecular flexibility index (Phi) is 6.68. The highest BCUT2D eigenvalue weighted by molar-refractivity contribution is 6.01. The highest BCUT2D eigenvalue weighted by Crippen LogP contribution is 2.33. The van der Waals surface area contributed by atoms with E-state index in [1.54, 1.807) is 55.5 Å². The lowest BCUT2D eigenvalue weighted by Crippen LogP contribution is -2.22. The van der Waals surface area contributed by atoms with Crippen LogP contribution >= 0.6 is 0 Å². The lowest BCUT2D eigenvalue weighted by Gasteiger charge is -2.15. The Hall–Kier alpha value is -3.69. The predicted molar refractivity (Wildman–Crippen MR) is 110 cm³/mol. The number of aromatic nitrogens is 3. The third-order valence-corrected chi connectivity index (χ3v) is 4.30. The first-order valence-corrected chi connectivity index (χ1v) is 9.34. The number of alkyl halides is 3. The van der Waals surface area contributed by atoms with Gasteiger partial charge in [-0.1, -0.05) is 42.5 Å². The van der Waals surface area contributed by atoms with Crippen LogP contribution in [0.5, 0.6) is 6.01 Å². The van der Waals surface area contributed by atoms with Crippen molar-refractivity contribution in [3.63, 3.8) is 0 Å². The summed E-state index contributed by atoms with van der Waals surface area (Å²) in [5.74, 6) is 0.367. The normalized spacial score (nSPS) is 11.1. The van der Waals surface area contributed by atoms with Gasteiger partial charge in [0.15, 0.2) is 0 Å². The van der Waals surface area contributed by atoms with Crippen molar-refractivity contribution in [1.29, 1.82) is 0 Å². The Morgan fingerprint density at radius 1 is 0.968 bits per heavy atom. The molecular weight excluding hydrogens is 411 g/mol. The molecule has 0 spiro atoms. The van der Waals surface area contributed by atoms with Crippen molar-refractivity contribution in [2.45, 2.75) is 25.9 Å². The van der Waals surface area contributed by atoms with Gasteiger partial charge in [0.2, 0.25) is 5.95 Å². The number of amides is 2. The third-order valence-electron chi connectivity index (χ3n) is 4.30. The van der Waals surface area contributed by atoms with E-state index in [-0.39, 0.29) is 18.4 Å². The predicted octanol–water partition coefficient (Wildman–Crippen LogP) is 4.99. The quantitative estimate of drug-likeness (QED) is 0.574. The summed E-state index contributed by atoms with van der Waals surface area (Å²) in [6, 6.07) is 13.1. The first kappa shape index (κ1) is 22.0. The molecule has 0 saturated carbocycles. The van der Waals surface area contributed by atoms with Gasteiger partial charge >= 0.3 is 18.2 Å². The fourth-order valence-corrected chi connectivity index (χ4v) is 2.96. The highest BCUT2D eigenvalue weighted by Gasteiger charge is 2.27. The smallest absolute Gasteiger partial charge is 0.389 e. The number of para-hydroxylation sites is 1. The number of ether oxygens (including phenoxy) is 1. The van der Waals surface area contributed by atoms with Crippen molar-refractivity contribution in [3.05, 3.63) is 59.9 Å². The Morgan fingerprint density at radius 2 is 1.65 bits per heavy atom. The maximum Gasteiger partial charge on any atom is 0.389 e. The Morgan fingerprint density at radius 3 is 2.35 bits per heavy atom. The molecule has 1 heterocycles. The van der Waals surface area contributed by atoms with Crippen LogP contribution in [0.15, 0.2) is 48.5 Å². The number of hydrogen-bond acceptors (Lipinski definition) is 5. The molecule has 0 saturated heterocycles. The molecule has 0 aliphatic rings. The minimum absolute atomic E-state index is 0.00454. The average Bonchev–Trinajstić information content (AvgIpc) is 2.72. The molecule has 0 aliphatic heterocycles. The van der Waals surface area contributed by atoms with Crippen LogP contribution < -0.4 is 15.4 Å². The molecule has 162 valence electrons. The van der Waals surface area contributed by atoms with Crippen LogP contribution in [-0.4, -0.2) is 34.3 Å². The van der Waals surface area contributed by atoms with Crippen LogP contribution in [0.3, 0.4) is 0 Å². The fourth-order valence-electron chi connectivity index (χ4n) is 2.96. The number of carbonyl (C=O) groups is 1. The molecular formula is C21H20F3N5O2. The number of aryl methyl sites for hydroxylation is 2. The summed E-state index contributed by atoms with van der Waals surface area (Å²) < 4.78 is 43.1. The molecule has 3 aromatic rings. The number of anilines is 2. The van der Waals surface area contributed by atoms with E-state index in [1.165, 1.54) is 7.11 Å². The van der Waals surface area contributed by atoms with Gasteiger partial charge in [-0.15, -0.1) is 0 Å². The van der Waals surface area contributed by atoms with E-state index in [2.05, 4.69) is 25.6 Å². The van der Waals surface area contributed by atoms with Crippen molar-refractivity contribution in [3.8, 4) is 17.1 Å². The second-order valence-corrected chi connectivity index (χ2v) is 6.59. The van der Waals surface area contributed by atoms with Crippen molar-refractivity contribution < 1.29 is 22.7 Å². The lowest BCUT2D eigenvalue weighted by molar-refractivity contribution is -0.133. The molecule has 31 heavy (non-hydrogen) atoms. The van der Waals surface area contributed by atoms with Crippen molar-refractivity contribution in [2.24, 2.45) is 0 Å². The maximum atomic E-state index is 12.7. The highest BCUT2D eigenvalue weighted by atomic mass is 19.4. The number of hydrogen-bond donors (Lipinski definition) is 2. The van der Waals surface area contributed by atoms with E-state index in [1.807, 2.05) is 0 Å². The minimum atomic E-state index is -4.26. The SMILES string of the molecule is COc1nc(C)nc(NC(=O)Nc2ccccc2-c2ccccc2CCC(F)(F)F)n1. The molecule has 2 amide bonds. The van der Waals surface area contributed by atoms with Gasteiger partial charge in [0, 0.05) is 12.0 Å². The number of rotatable bonds is 6. The number of urea groups is 1. The monoisotopic (exact) mass is 431 g/mol. The lowest BCUT2D eigenvalue weighted by atomic mass is 9.95. The Labute approximate surface area is 176 Å². The van der Waals surface area contributed by atoms with Crippen LogP contribution in [0.4, 0.5) is 29.6 Å². The number of nitrogens with zero attached hydrogens (tertiary/aromatic N) is 3. The zero-order valence-electron chi connectivity index (χ0n) is 16.8. The number of benzene rings is 2. The number of nitrogens with one attached hydrogen (secondary N) is 2. The van der Waals surface area contributed by atoms with E-state index in [0.29, 0.717) is 28.2 Å². The zero-order valence-corrected chi connectivity index (χ0v) is 16.8. The molecule has 10 heteroatoms. The zero-order chi connectivity index (χ0) is 22.4. The van der Waals surface area contributed by atoms with Crippen molar-refractivity contribution in [1.82, 2.24) is 15.0 Å². The van der Waals surface area contributed by atoms with Gasteiger partial charge in [-0.2, -0.15) is 28.1 Å². The fraction of sp³-hybridized carbons (Fsp3) is 0.238. The number of methoxy groups -OCH3 is 1. The van der Waals surface area contributed by atoms with Crippen molar-refractivity contribution >= 4 is 17.7 Å². The minimum Gasteiger partial charge on any atom is -0.467 e. The molecule has 7 nitrogen and oxygen atoms in total. The van der Waals surface area contributed by atoms with Gasteiger partial charge in [0.1, 0.15) is 5.82 Å². The summed E-state index contributed by atoms with van der Waals surface area (Å²) in [7, 11) is 1.39. The van der Waals surface area contributed by atoms with Crippen molar-refractivity contribution in [2.75, 3.05) is 17.7 Å². The van der Waals surface area contributed by atoms with Crippen LogP contribution in [0.1, 0.15) is 17.8 Å². The molecule has 1 aromatic heterocycles. The van der Waals surface area contributed by atoms with Crippen LogP contribution in [0.25, 0.3) is 11.1 Å². The molecule has 0 bridgehead atoms. The average molecular weight is 431 g/mol. The van der Waals surface area contributed by atoms with Gasteiger partial charge in [0.25, 0.3) is 0 Å². The maximum absolute atomic E-state index is 12.7. The van der Waals surface area contributed by atoms with Gasteiger partial charge in [-0.3, -0.25) is 5.32 Å². The van der Waals surface area contributed by atoms with Gasteiger partial charge < -0.3 is 10.1 Å². The molecule has 3 rings (SSSR count). The Balaban J connectivity index is 1.83. The Bertz CT molecular complexity index is 1070. The van der Waals surface area contributed by atoms with E-state index in [4.69, 9.17) is 4.74 Å². The molecule has 0 aliphatic carbocycles. The third kappa shape index (κ3) is 6.14. The summed E-state index contributed by atoms with van der Waals surface area (Å²) in [6.45, 7) is 1.63. The molecule has 0 atom stereocenters. The molecule has 0 fully saturated rings. The van der Waals surface area contributed by atoms with Crippen LogP contribution in [0.2, 0.25) is 0 Å². The van der Waals surface area contributed by atoms with E-state index < -0.39 is 18.6 Å². The van der Waals surface area contributed by atoms with Gasteiger partial charge in [-0.25, -0.2) is 4.79 Å². The van der Waals surface area contributed by atoms with Crippen LogP contribution in [-0.2, 0) is 6.42 Å². The molecule has 2 N–H and O–H groups in total. The topological polar surface area (TPSA) is 89.0 Å². The van der Waals surface area contributed by atoms with Gasteiger partial charge in [0.05, 0.1) is 12.8 Å². The van der Waals surface area contributed by atoms with E-state index >= 15 is 0 Å². The molecule has 0 radical (unpaired) electrons. The first-order valence-electron chi connectivity index (χ1n) is 9.34. The largest absolute Gasteiger partial charge is 0.467 e. The number of carbonyl (C=O) groups excluding carboxylic acids is 1. The summed E-state index contributed by atoms with van der Waals surface area (Å²) in [5.41, 5.74) is 2.17. The summed E-state index contributed by atoms with van der Waals surface area (Å²) in [4.78, 5) is 24.4. The summed E-state index contributed by atoms with van der Waals surface area (Å²) >= 11 is 0. The summed E-state index contributed by atoms with van der Waals surface area (Å²) in [6.07, 6.45) is -5.35. The van der Waals surface area contributed by atoms with Crippen LogP contribution in [0, 0.1) is 6.92 Å². The van der Waals surface area contributed by atoms with Gasteiger partial charge in [-0.05, 0) is 30.5 Å². The molecule has 0 unspecified atom stereocenters. The number of halogens is 3. The summed E-state index contributed by atoms with van der Waals surface area (Å²) in [5, 5.41) is 5.20. The first-order chi connectivity index (χ1) is 14.7.